The molecule has 4 heteroatoms. The summed E-state index contributed by atoms with van der Waals surface area (Å²) < 4.78 is 7.69. The maximum atomic E-state index is 5.47. The Morgan fingerprint density at radius 1 is 1.50 bits per heavy atom. The van der Waals surface area contributed by atoms with E-state index >= 15 is 0 Å². The van der Waals surface area contributed by atoms with Gasteiger partial charge in [0, 0.05) is 24.5 Å². The number of hydrogen-bond donors (Lipinski definition) is 1. The van der Waals surface area contributed by atoms with Crippen LogP contribution in [0.3, 0.4) is 0 Å². The van der Waals surface area contributed by atoms with Crippen molar-refractivity contribution in [3.63, 3.8) is 0 Å². The van der Waals surface area contributed by atoms with Gasteiger partial charge in [0.2, 0.25) is 0 Å². The van der Waals surface area contributed by atoms with Gasteiger partial charge >= 0.3 is 0 Å². The van der Waals surface area contributed by atoms with Gasteiger partial charge < -0.3 is 14.3 Å². The van der Waals surface area contributed by atoms with Crippen LogP contribution in [0.2, 0.25) is 0 Å². The molecule has 0 saturated heterocycles. The fourth-order valence-electron chi connectivity index (χ4n) is 2.81. The molecule has 2 atom stereocenters. The van der Waals surface area contributed by atoms with Crippen molar-refractivity contribution < 1.29 is 4.42 Å². The van der Waals surface area contributed by atoms with Crippen LogP contribution in [0.5, 0.6) is 0 Å². The Kier molecular flexibility index (Phi) is 3.19. The van der Waals surface area contributed by atoms with E-state index in [1.807, 2.05) is 18.6 Å². The maximum absolute atomic E-state index is 5.47. The molecule has 96 valence electrons. The van der Waals surface area contributed by atoms with E-state index in [-0.39, 0.29) is 0 Å². The normalized spacial score (nSPS) is 23.6. The fourth-order valence-corrected chi connectivity index (χ4v) is 2.81. The summed E-state index contributed by atoms with van der Waals surface area (Å²) in [6, 6.07) is 3.06. The largest absolute Gasteiger partial charge is 0.468 e. The van der Waals surface area contributed by atoms with Crippen LogP contribution in [0.1, 0.15) is 36.6 Å². The molecule has 2 aromatic heterocycles. The molecule has 1 fully saturated rings. The first-order valence-electron chi connectivity index (χ1n) is 6.58. The lowest BCUT2D eigenvalue weighted by atomic mass is 10.1. The topological polar surface area (TPSA) is 43.0 Å². The molecule has 0 amide bonds. The molecule has 1 aliphatic carbocycles. The van der Waals surface area contributed by atoms with Gasteiger partial charge in [0.1, 0.15) is 5.76 Å². The van der Waals surface area contributed by atoms with E-state index < -0.39 is 0 Å². The molecule has 0 spiro atoms. The van der Waals surface area contributed by atoms with Gasteiger partial charge in [-0.25, -0.2) is 4.98 Å². The lowest BCUT2D eigenvalue weighted by Crippen LogP contribution is -2.33. The van der Waals surface area contributed by atoms with Gasteiger partial charge in [0.25, 0.3) is 0 Å². The molecule has 0 aliphatic heterocycles. The Hall–Kier alpha value is -1.55. The van der Waals surface area contributed by atoms with Crippen LogP contribution in [-0.4, -0.2) is 15.6 Å². The van der Waals surface area contributed by atoms with Gasteiger partial charge in [0.05, 0.1) is 19.1 Å². The van der Waals surface area contributed by atoms with Crippen LogP contribution in [0.4, 0.5) is 0 Å². The lowest BCUT2D eigenvalue weighted by molar-refractivity contribution is 0.371. The molecule has 1 N–H and O–H groups in total. The summed E-state index contributed by atoms with van der Waals surface area (Å²) in [7, 11) is 0. The highest BCUT2D eigenvalue weighted by Gasteiger charge is 2.28. The van der Waals surface area contributed by atoms with Gasteiger partial charge in [-0.1, -0.05) is 0 Å². The second-order valence-electron chi connectivity index (χ2n) is 5.02. The number of aromatic nitrogens is 2. The van der Waals surface area contributed by atoms with E-state index in [1.165, 1.54) is 24.8 Å². The van der Waals surface area contributed by atoms with E-state index in [0.29, 0.717) is 12.1 Å². The van der Waals surface area contributed by atoms with Crippen molar-refractivity contribution in [1.29, 1.82) is 0 Å². The lowest BCUT2D eigenvalue weighted by Gasteiger charge is -2.21. The van der Waals surface area contributed by atoms with Crippen molar-refractivity contribution in [3.05, 3.63) is 42.4 Å². The van der Waals surface area contributed by atoms with E-state index in [0.717, 1.165) is 12.3 Å². The summed E-state index contributed by atoms with van der Waals surface area (Å²) in [5, 5.41) is 3.62. The Labute approximate surface area is 107 Å². The molecule has 0 bridgehead atoms. The predicted molar refractivity (Wildman–Crippen MR) is 69.2 cm³/mol. The van der Waals surface area contributed by atoms with Gasteiger partial charge in [-0.05, 0) is 37.8 Å². The zero-order valence-corrected chi connectivity index (χ0v) is 10.7. The molecule has 1 aliphatic rings. The summed E-state index contributed by atoms with van der Waals surface area (Å²) in [5.41, 5.74) is 1.22. The molecular formula is C14H19N3O. The Morgan fingerprint density at radius 2 is 2.44 bits per heavy atom. The number of aryl methyl sites for hydroxylation is 1. The number of hydrogen-bond acceptors (Lipinski definition) is 3. The Morgan fingerprint density at radius 3 is 3.17 bits per heavy atom. The second-order valence-corrected chi connectivity index (χ2v) is 5.02. The molecule has 4 nitrogen and oxygen atoms in total. The highest BCUT2D eigenvalue weighted by molar-refractivity contribution is 5.14. The second kappa shape index (κ2) is 4.98. The zero-order chi connectivity index (χ0) is 12.4. The third kappa shape index (κ3) is 2.20. The zero-order valence-electron chi connectivity index (χ0n) is 10.7. The average molecular weight is 245 g/mol. The number of rotatable bonds is 4. The number of imidazole rings is 1. The van der Waals surface area contributed by atoms with Gasteiger partial charge in [-0.3, -0.25) is 0 Å². The summed E-state index contributed by atoms with van der Waals surface area (Å²) in [6.07, 6.45) is 11.3. The summed E-state index contributed by atoms with van der Waals surface area (Å²) in [4.78, 5) is 4.14. The molecule has 2 aromatic rings. The minimum atomic E-state index is 0.517. The third-order valence-electron chi connectivity index (χ3n) is 3.88. The van der Waals surface area contributed by atoms with Crippen molar-refractivity contribution in [2.45, 2.75) is 44.8 Å². The molecular weight excluding hydrogens is 226 g/mol. The first-order valence-corrected chi connectivity index (χ1v) is 6.58. The molecule has 0 aromatic carbocycles. The van der Waals surface area contributed by atoms with Gasteiger partial charge in [0.15, 0.2) is 0 Å². The average Bonchev–Trinajstić information content (AvgIpc) is 3.07. The number of nitrogens with zero attached hydrogens (tertiary/aromatic N) is 2. The summed E-state index contributed by atoms with van der Waals surface area (Å²) in [5.74, 6) is 1.05. The molecule has 3 rings (SSSR count). The smallest absolute Gasteiger partial charge is 0.120 e. The van der Waals surface area contributed by atoms with Crippen molar-refractivity contribution in [2.75, 3.05) is 0 Å². The van der Waals surface area contributed by atoms with E-state index in [9.17, 15) is 0 Å². The van der Waals surface area contributed by atoms with E-state index in [1.54, 1.807) is 6.26 Å². The van der Waals surface area contributed by atoms with E-state index in [4.69, 9.17) is 4.42 Å². The standard InChI is InChI=1S/C14H19N3O/c1-11-5-8-18-14(11)9-16-12-3-2-4-13(12)17-7-6-15-10-17/h5-8,10,12-13,16H,2-4,9H2,1H3. The molecule has 2 heterocycles. The van der Waals surface area contributed by atoms with Crippen LogP contribution in [-0.2, 0) is 6.54 Å². The Bertz CT molecular complexity index is 489. The fraction of sp³-hybridized carbons (Fsp3) is 0.500. The first-order chi connectivity index (χ1) is 8.84. The SMILES string of the molecule is Cc1ccoc1CNC1CCCC1n1ccnc1. The minimum Gasteiger partial charge on any atom is -0.468 e. The highest BCUT2D eigenvalue weighted by atomic mass is 16.3. The molecule has 0 radical (unpaired) electrons. The number of nitrogens with one attached hydrogen (secondary N) is 1. The van der Waals surface area contributed by atoms with E-state index in [2.05, 4.69) is 28.0 Å². The monoisotopic (exact) mass is 245 g/mol. The minimum absolute atomic E-state index is 0.517. The third-order valence-corrected chi connectivity index (χ3v) is 3.88. The molecule has 18 heavy (non-hydrogen) atoms. The quantitative estimate of drug-likeness (QED) is 0.900. The first kappa shape index (κ1) is 11.5. The Balaban J connectivity index is 1.64. The highest BCUT2D eigenvalue weighted by Crippen LogP contribution is 2.30. The molecule has 2 unspecified atom stereocenters. The van der Waals surface area contributed by atoms with Crippen molar-refractivity contribution in [3.8, 4) is 0 Å². The van der Waals surface area contributed by atoms with Crippen LogP contribution in [0, 0.1) is 6.92 Å². The number of furan rings is 1. The van der Waals surface area contributed by atoms with Crippen LogP contribution >= 0.6 is 0 Å². The summed E-state index contributed by atoms with van der Waals surface area (Å²) in [6.45, 7) is 2.90. The van der Waals surface area contributed by atoms with Crippen LogP contribution < -0.4 is 5.32 Å². The van der Waals surface area contributed by atoms with Gasteiger partial charge in [-0.15, -0.1) is 0 Å². The van der Waals surface area contributed by atoms with Gasteiger partial charge in [-0.2, -0.15) is 0 Å². The molecule has 1 saturated carbocycles. The van der Waals surface area contributed by atoms with Crippen molar-refractivity contribution in [1.82, 2.24) is 14.9 Å². The predicted octanol–water partition coefficient (Wildman–Crippen LogP) is 2.67. The van der Waals surface area contributed by atoms with Crippen molar-refractivity contribution in [2.24, 2.45) is 0 Å². The van der Waals surface area contributed by atoms with Crippen molar-refractivity contribution >= 4 is 0 Å². The maximum Gasteiger partial charge on any atom is 0.120 e. The van der Waals surface area contributed by atoms with Crippen LogP contribution in [0.25, 0.3) is 0 Å². The summed E-state index contributed by atoms with van der Waals surface area (Å²) >= 11 is 0. The van der Waals surface area contributed by atoms with Crippen LogP contribution in [0.15, 0.2) is 35.5 Å².